The predicted octanol–water partition coefficient (Wildman–Crippen LogP) is 4.48. The van der Waals surface area contributed by atoms with Crippen molar-refractivity contribution in [3.8, 4) is 5.75 Å². The molecular weight excluding hydrogens is 402 g/mol. The Hall–Kier alpha value is -1.97. The molecule has 1 aromatic rings. The molecule has 0 aromatic heterocycles. The number of nitrogens with one attached hydrogen (secondary N) is 1. The van der Waals surface area contributed by atoms with Crippen LogP contribution < -0.4 is 10.1 Å². The lowest BCUT2D eigenvalue weighted by Gasteiger charge is -2.30. The first-order chi connectivity index (χ1) is 13.5. The Morgan fingerprint density at radius 1 is 1.03 bits per heavy atom. The van der Waals surface area contributed by atoms with Crippen LogP contribution in [0.4, 0.5) is 26.3 Å². The minimum Gasteiger partial charge on any atom is -0.496 e. The molecule has 1 heterocycles. The average molecular weight is 424 g/mol. The van der Waals surface area contributed by atoms with Gasteiger partial charge < -0.3 is 10.1 Å². The zero-order chi connectivity index (χ0) is 21.4. The lowest BCUT2D eigenvalue weighted by atomic mass is 10.00. The Balaban J connectivity index is 1.94. The van der Waals surface area contributed by atoms with Crippen LogP contribution in [0.1, 0.15) is 53.6 Å². The van der Waals surface area contributed by atoms with E-state index in [0.29, 0.717) is 12.5 Å². The van der Waals surface area contributed by atoms with Gasteiger partial charge in [-0.1, -0.05) is 0 Å². The van der Waals surface area contributed by atoms with Crippen molar-refractivity contribution >= 4 is 5.91 Å². The fraction of sp³-hybridized carbons (Fsp3) is 0.632. The number of methoxy groups -OCH3 is 1. The quantitative estimate of drug-likeness (QED) is 0.725. The summed E-state index contributed by atoms with van der Waals surface area (Å²) in [5.74, 6) is -1.82. The summed E-state index contributed by atoms with van der Waals surface area (Å²) < 4.78 is 84.4. The number of hydrogen-bond donors (Lipinski definition) is 1. The maximum atomic E-state index is 13.5. The van der Waals surface area contributed by atoms with Crippen LogP contribution in [0.3, 0.4) is 0 Å². The third-order valence-electron chi connectivity index (χ3n) is 5.59. The lowest BCUT2D eigenvalue weighted by molar-refractivity contribution is -0.143. The molecule has 2 aliphatic rings. The highest BCUT2D eigenvalue weighted by atomic mass is 19.4. The standard InChI is InChI=1S/C19H22F6N2O2/c1-29-15-10-11(18(20,21)22)9-12(19(23,24)25)16(15)17(28)26-13-5-4-6-14(13)27-7-2-3-8-27/h9-10,13-14H,2-8H2,1H3,(H,26,28). The second kappa shape index (κ2) is 8.04. The molecule has 0 radical (unpaired) electrons. The summed E-state index contributed by atoms with van der Waals surface area (Å²) in [6, 6.07) is 0.0609. The van der Waals surface area contributed by atoms with Crippen LogP contribution in [-0.4, -0.2) is 43.1 Å². The van der Waals surface area contributed by atoms with E-state index in [4.69, 9.17) is 4.74 Å². The van der Waals surface area contributed by atoms with Crippen molar-refractivity contribution in [1.29, 1.82) is 0 Å². The number of alkyl halides is 6. The molecule has 1 saturated carbocycles. The molecule has 1 N–H and O–H groups in total. The molecule has 162 valence electrons. The van der Waals surface area contributed by atoms with Gasteiger partial charge in [-0.05, 0) is 57.3 Å². The van der Waals surface area contributed by atoms with Gasteiger partial charge in [0.2, 0.25) is 0 Å². The van der Waals surface area contributed by atoms with E-state index in [1.165, 1.54) is 0 Å². The highest BCUT2D eigenvalue weighted by Crippen LogP contribution is 2.41. The number of ether oxygens (including phenoxy) is 1. The van der Waals surface area contributed by atoms with Crippen LogP contribution in [-0.2, 0) is 12.4 Å². The van der Waals surface area contributed by atoms with Crippen LogP contribution in [0.25, 0.3) is 0 Å². The van der Waals surface area contributed by atoms with E-state index in [9.17, 15) is 31.1 Å². The van der Waals surface area contributed by atoms with Crippen molar-refractivity contribution in [1.82, 2.24) is 10.2 Å². The number of nitrogens with zero attached hydrogens (tertiary/aromatic N) is 1. The van der Waals surface area contributed by atoms with Crippen molar-refractivity contribution in [3.63, 3.8) is 0 Å². The highest BCUT2D eigenvalue weighted by molar-refractivity contribution is 5.99. The fourth-order valence-corrected chi connectivity index (χ4v) is 4.26. The van der Waals surface area contributed by atoms with Crippen molar-refractivity contribution < 1.29 is 35.9 Å². The Labute approximate surface area is 164 Å². The number of halogens is 6. The van der Waals surface area contributed by atoms with E-state index in [1.807, 2.05) is 0 Å². The fourth-order valence-electron chi connectivity index (χ4n) is 4.26. The summed E-state index contributed by atoms with van der Waals surface area (Å²) in [5.41, 5.74) is -4.09. The maximum absolute atomic E-state index is 13.5. The Morgan fingerprint density at radius 3 is 2.24 bits per heavy atom. The molecule has 1 aromatic carbocycles. The van der Waals surface area contributed by atoms with E-state index in [1.54, 1.807) is 0 Å². The van der Waals surface area contributed by atoms with Gasteiger partial charge in [0.15, 0.2) is 0 Å². The number of rotatable bonds is 4. The maximum Gasteiger partial charge on any atom is 0.417 e. The van der Waals surface area contributed by atoms with E-state index < -0.39 is 40.7 Å². The smallest absolute Gasteiger partial charge is 0.417 e. The number of carbonyl (C=O) groups excluding carboxylic acids is 1. The first-order valence-electron chi connectivity index (χ1n) is 9.43. The van der Waals surface area contributed by atoms with Gasteiger partial charge in [-0.15, -0.1) is 0 Å². The van der Waals surface area contributed by atoms with Gasteiger partial charge in [0.1, 0.15) is 5.75 Å². The van der Waals surface area contributed by atoms with Crippen LogP contribution in [0.15, 0.2) is 12.1 Å². The van der Waals surface area contributed by atoms with Crippen molar-refractivity contribution in [2.45, 2.75) is 56.5 Å². The molecule has 1 amide bonds. The second-order valence-electron chi connectivity index (χ2n) is 7.42. The molecule has 1 aliphatic carbocycles. The lowest BCUT2D eigenvalue weighted by Crippen LogP contribution is -2.48. The third kappa shape index (κ3) is 4.62. The predicted molar refractivity (Wildman–Crippen MR) is 92.7 cm³/mol. The first kappa shape index (κ1) is 21.7. The van der Waals surface area contributed by atoms with Gasteiger partial charge in [-0.2, -0.15) is 26.3 Å². The molecule has 0 spiro atoms. The van der Waals surface area contributed by atoms with Crippen LogP contribution >= 0.6 is 0 Å². The Kier molecular flexibility index (Phi) is 6.03. The minimum absolute atomic E-state index is 0.0243. The van der Waals surface area contributed by atoms with Crippen LogP contribution in [0.2, 0.25) is 0 Å². The monoisotopic (exact) mass is 424 g/mol. The molecular formula is C19H22F6N2O2. The van der Waals surface area contributed by atoms with Gasteiger partial charge in [-0.3, -0.25) is 9.69 Å². The molecule has 2 unspecified atom stereocenters. The van der Waals surface area contributed by atoms with Gasteiger partial charge in [0, 0.05) is 12.1 Å². The average Bonchev–Trinajstić information content (AvgIpc) is 3.30. The van der Waals surface area contributed by atoms with Gasteiger partial charge >= 0.3 is 12.4 Å². The molecule has 0 bridgehead atoms. The largest absolute Gasteiger partial charge is 0.496 e. The van der Waals surface area contributed by atoms with Gasteiger partial charge in [0.05, 0.1) is 23.8 Å². The highest BCUT2D eigenvalue weighted by Gasteiger charge is 2.43. The summed E-state index contributed by atoms with van der Waals surface area (Å²) in [5, 5.41) is 2.63. The Morgan fingerprint density at radius 2 is 1.69 bits per heavy atom. The van der Waals surface area contributed by atoms with Gasteiger partial charge in [0.25, 0.3) is 5.91 Å². The van der Waals surface area contributed by atoms with Crippen molar-refractivity contribution in [3.05, 3.63) is 28.8 Å². The van der Waals surface area contributed by atoms with Crippen molar-refractivity contribution in [2.24, 2.45) is 0 Å². The number of benzene rings is 1. The molecule has 1 saturated heterocycles. The normalized spacial score (nSPS) is 23.4. The van der Waals surface area contributed by atoms with E-state index in [-0.39, 0.29) is 18.2 Å². The number of likely N-dealkylation sites (tertiary alicyclic amines) is 1. The molecule has 29 heavy (non-hydrogen) atoms. The van der Waals surface area contributed by atoms with Crippen molar-refractivity contribution in [2.75, 3.05) is 20.2 Å². The Bertz CT molecular complexity index is 756. The zero-order valence-electron chi connectivity index (χ0n) is 15.8. The molecule has 2 fully saturated rings. The minimum atomic E-state index is -5.15. The first-order valence-corrected chi connectivity index (χ1v) is 9.43. The molecule has 10 heteroatoms. The summed E-state index contributed by atoms with van der Waals surface area (Å²) in [4.78, 5) is 15.0. The summed E-state index contributed by atoms with van der Waals surface area (Å²) in [6.45, 7) is 1.74. The zero-order valence-corrected chi connectivity index (χ0v) is 15.8. The summed E-state index contributed by atoms with van der Waals surface area (Å²) >= 11 is 0. The molecule has 2 atom stereocenters. The van der Waals surface area contributed by atoms with Gasteiger partial charge in [-0.25, -0.2) is 0 Å². The van der Waals surface area contributed by atoms with Crippen LogP contribution in [0, 0.1) is 0 Å². The molecule has 3 rings (SSSR count). The topological polar surface area (TPSA) is 41.6 Å². The van der Waals surface area contributed by atoms with E-state index in [0.717, 1.165) is 45.9 Å². The summed E-state index contributed by atoms with van der Waals surface area (Å²) in [6.07, 6.45) is -5.84. The third-order valence-corrected chi connectivity index (χ3v) is 5.59. The molecule has 4 nitrogen and oxygen atoms in total. The van der Waals surface area contributed by atoms with E-state index >= 15 is 0 Å². The SMILES string of the molecule is COc1cc(C(F)(F)F)cc(C(F)(F)F)c1C(=O)NC1CCCC1N1CCCC1. The van der Waals surface area contributed by atoms with E-state index in [2.05, 4.69) is 10.2 Å². The number of carbonyl (C=O) groups is 1. The molecule has 1 aliphatic heterocycles. The second-order valence-corrected chi connectivity index (χ2v) is 7.42. The number of amides is 1. The summed E-state index contributed by atoms with van der Waals surface area (Å²) in [7, 11) is 0.940. The van der Waals surface area contributed by atoms with Crippen LogP contribution in [0.5, 0.6) is 5.75 Å². The number of hydrogen-bond acceptors (Lipinski definition) is 3.